The van der Waals surface area contributed by atoms with Crippen molar-refractivity contribution in [1.29, 1.82) is 5.41 Å². The zero-order valence-corrected chi connectivity index (χ0v) is 5.68. The normalized spacial score (nSPS) is 11.4. The van der Waals surface area contributed by atoms with E-state index in [9.17, 15) is 0 Å². The molecule has 0 saturated heterocycles. The van der Waals surface area contributed by atoms with Gasteiger partial charge in [-0.25, -0.2) is 0 Å². The summed E-state index contributed by atoms with van der Waals surface area (Å²) in [5.74, 6) is 0.771. The molecular formula is C3H9NO3P+. The molecule has 0 fully saturated rings. The number of hydrogen-bond acceptors (Lipinski definition) is 4. The summed E-state index contributed by atoms with van der Waals surface area (Å²) >= 11 is 0. The van der Waals surface area contributed by atoms with Crippen LogP contribution in [0.3, 0.4) is 0 Å². The molecule has 4 nitrogen and oxygen atoms in total. The van der Waals surface area contributed by atoms with Gasteiger partial charge in [0.1, 0.15) is 0 Å². The maximum absolute atomic E-state index is 8.86. The molecule has 0 unspecified atom stereocenters. The monoisotopic (exact) mass is 138 g/mol. The predicted molar refractivity (Wildman–Crippen MR) is 31.9 cm³/mol. The van der Waals surface area contributed by atoms with E-state index in [-0.39, 0.29) is 0 Å². The smallest absolute Gasteiger partial charge is 0.268 e. The lowest BCUT2D eigenvalue weighted by molar-refractivity contribution is 0.258. The van der Waals surface area contributed by atoms with Crippen molar-refractivity contribution < 1.29 is 13.9 Å². The lowest BCUT2D eigenvalue weighted by Gasteiger charge is -2.03. The Balaban J connectivity index is 3.76. The highest BCUT2D eigenvalue weighted by Crippen LogP contribution is 2.51. The van der Waals surface area contributed by atoms with Crippen LogP contribution in [0.15, 0.2) is 0 Å². The summed E-state index contributed by atoms with van der Waals surface area (Å²) in [6.45, 7) is 0. The second-order valence-corrected chi connectivity index (χ2v) is 3.18. The Kier molecular flexibility index (Phi) is 3.09. The van der Waals surface area contributed by atoms with Crippen LogP contribution < -0.4 is 0 Å². The van der Waals surface area contributed by atoms with E-state index in [4.69, 9.17) is 10.3 Å². The molecule has 0 aromatic heterocycles. The van der Waals surface area contributed by atoms with Gasteiger partial charge in [0.25, 0.3) is 0 Å². The van der Waals surface area contributed by atoms with Crippen molar-refractivity contribution >= 4 is 13.9 Å². The minimum atomic E-state index is -2.87. The maximum Gasteiger partial charge on any atom is 0.456 e. The minimum Gasteiger partial charge on any atom is -0.268 e. The zero-order valence-electron chi connectivity index (χ0n) is 4.79. The fourth-order valence-electron chi connectivity index (χ4n) is 0.180. The van der Waals surface area contributed by atoms with Crippen molar-refractivity contribution in [2.24, 2.45) is 0 Å². The molecule has 0 saturated carbocycles. The average Bonchev–Trinajstić information content (AvgIpc) is 1.87. The van der Waals surface area contributed by atoms with Gasteiger partial charge < -0.3 is 0 Å². The Hall–Kier alpha value is -0.0200. The van der Waals surface area contributed by atoms with Crippen molar-refractivity contribution in [2.75, 3.05) is 14.2 Å². The highest BCUT2D eigenvalue weighted by atomic mass is 31.2. The third-order valence-electron chi connectivity index (χ3n) is 0.686. The first-order valence-electron chi connectivity index (χ1n) is 1.93. The summed E-state index contributed by atoms with van der Waals surface area (Å²) < 4.78 is 8.88. The quantitative estimate of drug-likeness (QED) is 0.444. The van der Waals surface area contributed by atoms with Crippen molar-refractivity contribution in [3.8, 4) is 0 Å². The lowest BCUT2D eigenvalue weighted by atomic mass is 11.7. The molecule has 0 aliphatic carbocycles. The Morgan fingerprint density at radius 3 is 1.88 bits per heavy atom. The van der Waals surface area contributed by atoms with Gasteiger partial charge in [0, 0.05) is 0 Å². The van der Waals surface area contributed by atoms with Gasteiger partial charge in [-0.05, 0) is 0 Å². The fourth-order valence-corrected chi connectivity index (χ4v) is 0.540. The van der Waals surface area contributed by atoms with Gasteiger partial charge in [-0.1, -0.05) is 0 Å². The van der Waals surface area contributed by atoms with Crippen LogP contribution in [0.2, 0.25) is 0 Å². The molecule has 0 rings (SSSR count). The van der Waals surface area contributed by atoms with Crippen LogP contribution in [0.4, 0.5) is 0 Å². The molecule has 8 heavy (non-hydrogen) atoms. The molecule has 0 heterocycles. The molecule has 48 valence electrons. The molecule has 0 atom stereocenters. The van der Waals surface area contributed by atoms with Crippen molar-refractivity contribution in [1.82, 2.24) is 0 Å². The van der Waals surface area contributed by atoms with E-state index >= 15 is 0 Å². The number of hydrogen-bond donors (Lipinski definition) is 2. The van der Waals surface area contributed by atoms with E-state index in [0.717, 1.165) is 5.96 Å². The van der Waals surface area contributed by atoms with Crippen molar-refractivity contribution in [3.05, 3.63) is 0 Å². The molecular weight excluding hydrogens is 129 g/mol. The third kappa shape index (κ3) is 1.84. The highest BCUT2D eigenvalue weighted by Gasteiger charge is 2.34. The summed E-state index contributed by atoms with van der Waals surface area (Å²) in [5, 5.41) is 6.58. The van der Waals surface area contributed by atoms with Gasteiger partial charge in [-0.3, -0.25) is 5.41 Å². The molecule has 0 bridgehead atoms. The predicted octanol–water partition coefficient (Wildman–Crippen LogP) is 0.641. The van der Waals surface area contributed by atoms with Crippen LogP contribution in [0, 0.1) is 5.41 Å². The molecule has 0 aliphatic heterocycles. The second kappa shape index (κ2) is 3.10. The van der Waals surface area contributed by atoms with E-state index in [2.05, 4.69) is 9.05 Å². The maximum atomic E-state index is 8.86. The summed E-state index contributed by atoms with van der Waals surface area (Å²) in [5.41, 5.74) is 0. The summed E-state index contributed by atoms with van der Waals surface area (Å²) in [7, 11) is -0.282. The Morgan fingerprint density at radius 1 is 1.50 bits per heavy atom. The highest BCUT2D eigenvalue weighted by molar-refractivity contribution is 7.75. The summed E-state index contributed by atoms with van der Waals surface area (Å²) in [6, 6.07) is 0. The van der Waals surface area contributed by atoms with Crippen LogP contribution in [-0.4, -0.2) is 25.1 Å². The van der Waals surface area contributed by atoms with Gasteiger partial charge in [-0.15, -0.1) is 0 Å². The largest absolute Gasteiger partial charge is 0.456 e. The Bertz CT molecular complexity index is 82.6. The van der Waals surface area contributed by atoms with Crippen LogP contribution in [0.1, 0.15) is 0 Å². The molecule has 0 radical (unpaired) electrons. The molecule has 0 aromatic rings. The van der Waals surface area contributed by atoms with Crippen molar-refractivity contribution in [2.45, 2.75) is 0 Å². The topological polar surface area (TPSA) is 62.5 Å². The average molecular weight is 138 g/mol. The SMILES string of the molecule is CO[P+](O)(C=N)OC. The molecule has 2 N–H and O–H groups in total. The lowest BCUT2D eigenvalue weighted by Crippen LogP contribution is -1.95. The van der Waals surface area contributed by atoms with E-state index in [0.29, 0.717) is 0 Å². The molecule has 0 aromatic carbocycles. The number of rotatable bonds is 3. The van der Waals surface area contributed by atoms with Gasteiger partial charge >= 0.3 is 7.94 Å². The van der Waals surface area contributed by atoms with Crippen LogP contribution in [0.5, 0.6) is 0 Å². The fraction of sp³-hybridized carbons (Fsp3) is 0.667. The van der Waals surface area contributed by atoms with E-state index in [1.165, 1.54) is 14.2 Å². The van der Waals surface area contributed by atoms with Crippen LogP contribution >= 0.6 is 7.94 Å². The van der Waals surface area contributed by atoms with Crippen LogP contribution in [-0.2, 0) is 9.05 Å². The third-order valence-corrected chi connectivity index (χ3v) is 2.06. The Labute approximate surface area is 48.5 Å². The first kappa shape index (κ1) is 7.98. The summed E-state index contributed by atoms with van der Waals surface area (Å²) in [4.78, 5) is 8.86. The zero-order chi connectivity index (χ0) is 6.62. The summed E-state index contributed by atoms with van der Waals surface area (Å²) in [6.07, 6.45) is 0. The first-order chi connectivity index (χ1) is 3.68. The van der Waals surface area contributed by atoms with E-state index in [1.54, 1.807) is 0 Å². The molecule has 0 spiro atoms. The van der Waals surface area contributed by atoms with Crippen molar-refractivity contribution in [3.63, 3.8) is 0 Å². The number of nitrogens with one attached hydrogen (secondary N) is 1. The first-order valence-corrected chi connectivity index (χ1v) is 3.58. The second-order valence-electron chi connectivity index (χ2n) is 1.06. The Morgan fingerprint density at radius 2 is 1.88 bits per heavy atom. The van der Waals surface area contributed by atoms with Gasteiger partial charge in [0.05, 0.1) is 14.2 Å². The minimum absolute atomic E-state index is 0.771. The van der Waals surface area contributed by atoms with Crippen LogP contribution in [0.25, 0.3) is 0 Å². The van der Waals surface area contributed by atoms with E-state index < -0.39 is 7.94 Å². The van der Waals surface area contributed by atoms with Gasteiger partial charge in [-0.2, -0.15) is 13.9 Å². The van der Waals surface area contributed by atoms with Gasteiger partial charge in [0.2, 0.25) is 5.96 Å². The molecule has 5 heteroatoms. The standard InChI is InChI=1S/C3H9NO3P/c1-6-8(5,3-4)7-2/h3-5H,1-2H3/q+1. The van der Waals surface area contributed by atoms with E-state index in [1.807, 2.05) is 0 Å². The molecule has 0 amide bonds. The van der Waals surface area contributed by atoms with Gasteiger partial charge in [0.15, 0.2) is 0 Å². The molecule has 0 aliphatic rings.